The van der Waals surface area contributed by atoms with Crippen LogP contribution in [0.15, 0.2) is 17.5 Å². The molecule has 0 aliphatic carbocycles. The van der Waals surface area contributed by atoms with Crippen molar-refractivity contribution in [1.82, 2.24) is 10.2 Å². The van der Waals surface area contributed by atoms with Gasteiger partial charge in [0.2, 0.25) is 0 Å². The molecule has 90 valence electrons. The average molecular weight is 238 g/mol. The maximum absolute atomic E-state index is 3.56. The van der Waals surface area contributed by atoms with E-state index in [9.17, 15) is 0 Å². The lowest BCUT2D eigenvalue weighted by Crippen LogP contribution is -2.39. The van der Waals surface area contributed by atoms with Crippen LogP contribution < -0.4 is 5.32 Å². The van der Waals surface area contributed by atoms with Gasteiger partial charge in [0.25, 0.3) is 0 Å². The van der Waals surface area contributed by atoms with E-state index in [1.54, 1.807) is 0 Å². The van der Waals surface area contributed by atoms with Gasteiger partial charge in [-0.2, -0.15) is 0 Å². The van der Waals surface area contributed by atoms with Gasteiger partial charge in [0.1, 0.15) is 0 Å². The smallest absolute Gasteiger partial charge is 0.0331 e. The molecule has 1 aromatic rings. The molecule has 16 heavy (non-hydrogen) atoms. The highest BCUT2D eigenvalue weighted by atomic mass is 32.1. The van der Waals surface area contributed by atoms with Crippen molar-refractivity contribution in [2.45, 2.75) is 45.3 Å². The molecule has 1 aliphatic heterocycles. The van der Waals surface area contributed by atoms with Crippen LogP contribution in [0.2, 0.25) is 0 Å². The Morgan fingerprint density at radius 3 is 3.12 bits per heavy atom. The lowest BCUT2D eigenvalue weighted by Gasteiger charge is -2.25. The minimum absolute atomic E-state index is 0.601. The summed E-state index contributed by atoms with van der Waals surface area (Å²) >= 11 is 1.87. The molecule has 2 nitrogen and oxygen atoms in total. The van der Waals surface area contributed by atoms with Crippen molar-refractivity contribution in [3.63, 3.8) is 0 Å². The first-order valence-corrected chi connectivity index (χ1v) is 7.13. The molecule has 0 aromatic carbocycles. The van der Waals surface area contributed by atoms with Gasteiger partial charge < -0.3 is 5.32 Å². The summed E-state index contributed by atoms with van der Waals surface area (Å²) in [6, 6.07) is 5.74. The van der Waals surface area contributed by atoms with Crippen LogP contribution in [0.25, 0.3) is 0 Å². The number of hydrogen-bond donors (Lipinski definition) is 1. The van der Waals surface area contributed by atoms with Gasteiger partial charge in [-0.1, -0.05) is 19.9 Å². The minimum atomic E-state index is 0.601. The Morgan fingerprint density at radius 1 is 1.56 bits per heavy atom. The highest BCUT2D eigenvalue weighted by Crippen LogP contribution is 2.21. The fourth-order valence-electron chi connectivity index (χ4n) is 2.31. The summed E-state index contributed by atoms with van der Waals surface area (Å²) in [5, 5.41) is 5.73. The van der Waals surface area contributed by atoms with Crippen LogP contribution in [-0.2, 0) is 6.54 Å². The predicted molar refractivity (Wildman–Crippen MR) is 70.9 cm³/mol. The summed E-state index contributed by atoms with van der Waals surface area (Å²) in [5.41, 5.74) is 0. The Balaban J connectivity index is 1.83. The third-order valence-corrected chi connectivity index (χ3v) is 4.06. The lowest BCUT2D eigenvalue weighted by molar-refractivity contribution is 0.238. The zero-order valence-electron chi connectivity index (χ0n) is 10.3. The van der Waals surface area contributed by atoms with Gasteiger partial charge in [-0.25, -0.2) is 0 Å². The average Bonchev–Trinajstić information content (AvgIpc) is 2.87. The molecule has 1 N–H and O–H groups in total. The first kappa shape index (κ1) is 12.1. The van der Waals surface area contributed by atoms with E-state index in [-0.39, 0.29) is 0 Å². The molecule has 0 spiro atoms. The Kier molecular flexibility index (Phi) is 4.38. The van der Waals surface area contributed by atoms with E-state index in [0.717, 1.165) is 19.1 Å². The van der Waals surface area contributed by atoms with E-state index in [1.807, 2.05) is 11.3 Å². The first-order chi connectivity index (χ1) is 7.75. The fraction of sp³-hybridized carbons (Fsp3) is 0.692. The van der Waals surface area contributed by atoms with Crippen molar-refractivity contribution < 1.29 is 0 Å². The second-order valence-corrected chi connectivity index (χ2v) is 5.94. The standard InChI is InChI=1S/C13H22N2S/c1-11(2)14-9-12-5-3-7-15(12)10-13-6-4-8-16-13/h4,6,8,11-12,14H,3,5,7,9-10H2,1-2H3. The van der Waals surface area contributed by atoms with Crippen LogP contribution in [0, 0.1) is 0 Å². The van der Waals surface area contributed by atoms with E-state index >= 15 is 0 Å². The van der Waals surface area contributed by atoms with Gasteiger partial charge >= 0.3 is 0 Å². The molecule has 1 aliphatic rings. The summed E-state index contributed by atoms with van der Waals surface area (Å²) in [7, 11) is 0. The third-order valence-electron chi connectivity index (χ3n) is 3.20. The van der Waals surface area contributed by atoms with Gasteiger partial charge in [-0.15, -0.1) is 11.3 Å². The summed E-state index contributed by atoms with van der Waals surface area (Å²) in [6.45, 7) is 7.99. The lowest BCUT2D eigenvalue weighted by atomic mass is 10.2. The molecule has 1 unspecified atom stereocenters. The highest BCUT2D eigenvalue weighted by Gasteiger charge is 2.24. The van der Waals surface area contributed by atoms with Crippen LogP contribution >= 0.6 is 11.3 Å². The number of hydrogen-bond acceptors (Lipinski definition) is 3. The first-order valence-electron chi connectivity index (χ1n) is 6.25. The van der Waals surface area contributed by atoms with E-state index in [2.05, 4.69) is 41.6 Å². The molecule has 1 aromatic heterocycles. The minimum Gasteiger partial charge on any atom is -0.313 e. The van der Waals surface area contributed by atoms with Crippen molar-refractivity contribution in [2.75, 3.05) is 13.1 Å². The maximum atomic E-state index is 3.56. The van der Waals surface area contributed by atoms with E-state index in [1.165, 1.54) is 24.3 Å². The Morgan fingerprint density at radius 2 is 2.44 bits per heavy atom. The zero-order valence-corrected chi connectivity index (χ0v) is 11.1. The number of nitrogens with zero attached hydrogens (tertiary/aromatic N) is 1. The quantitative estimate of drug-likeness (QED) is 0.848. The zero-order chi connectivity index (χ0) is 11.4. The number of rotatable bonds is 5. The molecule has 2 heterocycles. The van der Waals surface area contributed by atoms with Crippen LogP contribution in [0.3, 0.4) is 0 Å². The molecule has 0 bridgehead atoms. The van der Waals surface area contributed by atoms with Gasteiger partial charge in [0.05, 0.1) is 0 Å². The molecule has 0 amide bonds. The summed E-state index contributed by atoms with van der Waals surface area (Å²) in [4.78, 5) is 4.12. The topological polar surface area (TPSA) is 15.3 Å². The van der Waals surface area contributed by atoms with Gasteiger partial charge in [-0.3, -0.25) is 4.90 Å². The van der Waals surface area contributed by atoms with Gasteiger partial charge in [0, 0.05) is 30.1 Å². The van der Waals surface area contributed by atoms with Crippen LogP contribution in [0.5, 0.6) is 0 Å². The van der Waals surface area contributed by atoms with Crippen molar-refractivity contribution >= 4 is 11.3 Å². The van der Waals surface area contributed by atoms with Gasteiger partial charge in [0.15, 0.2) is 0 Å². The fourth-order valence-corrected chi connectivity index (χ4v) is 3.04. The monoisotopic (exact) mass is 238 g/mol. The molecule has 3 heteroatoms. The molecule has 1 fully saturated rings. The third kappa shape index (κ3) is 3.30. The largest absolute Gasteiger partial charge is 0.313 e. The van der Waals surface area contributed by atoms with Crippen molar-refractivity contribution in [2.24, 2.45) is 0 Å². The number of nitrogens with one attached hydrogen (secondary N) is 1. The Labute approximate surface area is 103 Å². The van der Waals surface area contributed by atoms with Crippen LogP contribution in [0.4, 0.5) is 0 Å². The molecular weight excluding hydrogens is 216 g/mol. The highest BCUT2D eigenvalue weighted by molar-refractivity contribution is 7.09. The molecular formula is C13H22N2S. The second-order valence-electron chi connectivity index (χ2n) is 4.91. The maximum Gasteiger partial charge on any atom is 0.0331 e. The molecule has 1 atom stereocenters. The van der Waals surface area contributed by atoms with Crippen molar-refractivity contribution in [3.05, 3.63) is 22.4 Å². The van der Waals surface area contributed by atoms with E-state index in [0.29, 0.717) is 6.04 Å². The molecule has 1 saturated heterocycles. The SMILES string of the molecule is CC(C)NCC1CCCN1Cc1cccs1. The number of thiophene rings is 1. The van der Waals surface area contributed by atoms with Crippen molar-refractivity contribution in [1.29, 1.82) is 0 Å². The van der Waals surface area contributed by atoms with E-state index in [4.69, 9.17) is 0 Å². The second kappa shape index (κ2) is 5.80. The normalized spacial score (nSPS) is 22.1. The predicted octanol–water partition coefficient (Wildman–Crippen LogP) is 2.71. The summed E-state index contributed by atoms with van der Waals surface area (Å²) in [6.07, 6.45) is 2.71. The van der Waals surface area contributed by atoms with E-state index < -0.39 is 0 Å². The molecule has 0 radical (unpaired) electrons. The Hall–Kier alpha value is -0.380. The molecule has 2 rings (SSSR count). The molecule has 0 saturated carbocycles. The van der Waals surface area contributed by atoms with Crippen molar-refractivity contribution in [3.8, 4) is 0 Å². The number of likely N-dealkylation sites (tertiary alicyclic amines) is 1. The summed E-state index contributed by atoms with van der Waals surface area (Å²) in [5.74, 6) is 0. The van der Waals surface area contributed by atoms with Gasteiger partial charge in [-0.05, 0) is 30.8 Å². The van der Waals surface area contributed by atoms with Crippen LogP contribution in [0.1, 0.15) is 31.6 Å². The van der Waals surface area contributed by atoms with Crippen LogP contribution in [-0.4, -0.2) is 30.1 Å². The summed E-state index contributed by atoms with van der Waals surface area (Å²) < 4.78 is 0. The Bertz CT molecular complexity index is 295.